The third-order valence-corrected chi connectivity index (χ3v) is 4.72. The zero-order valence-electron chi connectivity index (χ0n) is 11.7. The molecule has 100 valence electrons. The van der Waals surface area contributed by atoms with Crippen LogP contribution in [0.4, 0.5) is 0 Å². The molecular formula is C14H27NO2. The van der Waals surface area contributed by atoms with Gasteiger partial charge in [-0.2, -0.15) is 0 Å². The summed E-state index contributed by atoms with van der Waals surface area (Å²) < 4.78 is 4.84. The number of esters is 1. The van der Waals surface area contributed by atoms with Crippen LogP contribution in [0, 0.1) is 11.3 Å². The first-order valence-corrected chi connectivity index (χ1v) is 6.67. The van der Waals surface area contributed by atoms with E-state index in [1.54, 1.807) is 0 Å². The molecule has 1 saturated carbocycles. The average molecular weight is 241 g/mol. The van der Waals surface area contributed by atoms with Crippen molar-refractivity contribution >= 4 is 5.97 Å². The zero-order chi connectivity index (χ0) is 13.1. The number of methoxy groups -OCH3 is 1. The molecule has 0 aromatic heterocycles. The fraction of sp³-hybridized carbons (Fsp3) is 0.929. The topological polar surface area (TPSA) is 52.3 Å². The highest BCUT2D eigenvalue weighted by Gasteiger charge is 2.46. The highest BCUT2D eigenvalue weighted by atomic mass is 16.5. The van der Waals surface area contributed by atoms with Gasteiger partial charge in [0.05, 0.1) is 13.5 Å². The molecule has 0 aromatic rings. The van der Waals surface area contributed by atoms with Crippen molar-refractivity contribution in [3.05, 3.63) is 0 Å². The molecule has 3 nitrogen and oxygen atoms in total. The standard InChI is InChI=1S/C14H27NO2/c1-13(2,15)14(3,10-12(16)17-4)11-8-6-5-7-9-11/h11H,5-10,15H2,1-4H3. The summed E-state index contributed by atoms with van der Waals surface area (Å²) in [4.78, 5) is 11.6. The van der Waals surface area contributed by atoms with E-state index >= 15 is 0 Å². The summed E-state index contributed by atoms with van der Waals surface area (Å²) >= 11 is 0. The first kappa shape index (κ1) is 14.5. The van der Waals surface area contributed by atoms with E-state index in [-0.39, 0.29) is 16.9 Å². The second kappa shape index (κ2) is 5.38. The minimum Gasteiger partial charge on any atom is -0.469 e. The van der Waals surface area contributed by atoms with E-state index in [4.69, 9.17) is 10.5 Å². The van der Waals surface area contributed by atoms with Crippen LogP contribution in [0.2, 0.25) is 0 Å². The predicted octanol–water partition coefficient (Wildman–Crippen LogP) is 2.87. The summed E-state index contributed by atoms with van der Waals surface area (Å²) in [6.45, 7) is 6.22. The fourth-order valence-electron chi connectivity index (χ4n) is 3.01. The Balaban J connectivity index is 2.88. The normalized spacial score (nSPS) is 21.9. The molecule has 0 saturated heterocycles. The maximum Gasteiger partial charge on any atom is 0.306 e. The highest BCUT2D eigenvalue weighted by molar-refractivity contribution is 5.70. The van der Waals surface area contributed by atoms with Crippen LogP contribution in [0.3, 0.4) is 0 Å². The molecule has 0 bridgehead atoms. The molecule has 0 aromatic carbocycles. The van der Waals surface area contributed by atoms with Crippen LogP contribution in [-0.2, 0) is 9.53 Å². The summed E-state index contributed by atoms with van der Waals surface area (Å²) in [5.41, 5.74) is 5.82. The molecule has 2 N–H and O–H groups in total. The summed E-state index contributed by atoms with van der Waals surface area (Å²) in [5, 5.41) is 0. The number of carbonyl (C=O) groups is 1. The summed E-state index contributed by atoms with van der Waals surface area (Å²) in [7, 11) is 1.45. The van der Waals surface area contributed by atoms with E-state index in [0.29, 0.717) is 12.3 Å². The zero-order valence-corrected chi connectivity index (χ0v) is 11.7. The van der Waals surface area contributed by atoms with Crippen LogP contribution in [0.5, 0.6) is 0 Å². The molecule has 1 unspecified atom stereocenters. The predicted molar refractivity (Wildman–Crippen MR) is 69.6 cm³/mol. The van der Waals surface area contributed by atoms with Crippen LogP contribution in [0.25, 0.3) is 0 Å². The molecule has 1 aliphatic rings. The summed E-state index contributed by atoms with van der Waals surface area (Å²) in [6, 6.07) is 0. The second-order valence-electron chi connectivity index (χ2n) is 6.23. The lowest BCUT2D eigenvalue weighted by atomic mass is 9.59. The van der Waals surface area contributed by atoms with Crippen molar-refractivity contribution in [2.24, 2.45) is 17.1 Å². The Morgan fingerprint density at radius 3 is 2.18 bits per heavy atom. The lowest BCUT2D eigenvalue weighted by molar-refractivity contribution is -0.146. The van der Waals surface area contributed by atoms with Gasteiger partial charge in [-0.25, -0.2) is 0 Å². The average Bonchev–Trinajstić information content (AvgIpc) is 2.28. The van der Waals surface area contributed by atoms with Gasteiger partial charge in [0.25, 0.3) is 0 Å². The van der Waals surface area contributed by atoms with E-state index < -0.39 is 0 Å². The maximum atomic E-state index is 11.6. The summed E-state index contributed by atoms with van der Waals surface area (Å²) in [5.74, 6) is 0.395. The molecule has 0 heterocycles. The van der Waals surface area contributed by atoms with Crippen LogP contribution in [0.1, 0.15) is 59.3 Å². The number of hydrogen-bond donors (Lipinski definition) is 1. The number of carbonyl (C=O) groups excluding carboxylic acids is 1. The quantitative estimate of drug-likeness (QED) is 0.770. The SMILES string of the molecule is COC(=O)CC(C)(C1CCCCC1)C(C)(C)N. The van der Waals surface area contributed by atoms with Crippen LogP contribution < -0.4 is 5.73 Å². The van der Waals surface area contributed by atoms with Gasteiger partial charge in [-0.15, -0.1) is 0 Å². The van der Waals surface area contributed by atoms with E-state index in [9.17, 15) is 4.79 Å². The molecule has 0 amide bonds. The van der Waals surface area contributed by atoms with Gasteiger partial charge in [0.2, 0.25) is 0 Å². The molecular weight excluding hydrogens is 214 g/mol. The van der Waals surface area contributed by atoms with E-state index in [2.05, 4.69) is 6.92 Å². The van der Waals surface area contributed by atoms with Crippen LogP contribution >= 0.6 is 0 Å². The third kappa shape index (κ3) is 3.21. The van der Waals surface area contributed by atoms with Crippen molar-refractivity contribution in [3.8, 4) is 0 Å². The van der Waals surface area contributed by atoms with E-state index in [1.165, 1.54) is 39.2 Å². The van der Waals surface area contributed by atoms with Gasteiger partial charge in [-0.3, -0.25) is 4.79 Å². The minimum atomic E-state index is -0.358. The Hall–Kier alpha value is -0.570. The highest BCUT2D eigenvalue weighted by Crippen LogP contribution is 2.47. The molecule has 0 spiro atoms. The minimum absolute atomic E-state index is 0.142. The van der Waals surface area contributed by atoms with Crippen molar-refractivity contribution in [3.63, 3.8) is 0 Å². The van der Waals surface area contributed by atoms with E-state index in [1.807, 2.05) is 13.8 Å². The number of ether oxygens (including phenoxy) is 1. The maximum absolute atomic E-state index is 11.6. The first-order valence-electron chi connectivity index (χ1n) is 6.67. The number of hydrogen-bond acceptors (Lipinski definition) is 3. The third-order valence-electron chi connectivity index (χ3n) is 4.72. The molecule has 1 atom stereocenters. The second-order valence-corrected chi connectivity index (χ2v) is 6.23. The van der Waals surface area contributed by atoms with E-state index in [0.717, 1.165) is 0 Å². The van der Waals surface area contributed by atoms with Crippen molar-refractivity contribution in [2.75, 3.05) is 7.11 Å². The van der Waals surface area contributed by atoms with Gasteiger partial charge in [0.15, 0.2) is 0 Å². The summed E-state index contributed by atoms with van der Waals surface area (Å²) in [6.07, 6.45) is 6.64. The molecule has 3 heteroatoms. The van der Waals surface area contributed by atoms with Gasteiger partial charge in [0, 0.05) is 5.54 Å². The largest absolute Gasteiger partial charge is 0.469 e. The molecule has 1 aliphatic carbocycles. The smallest absolute Gasteiger partial charge is 0.306 e. The molecule has 1 fully saturated rings. The first-order chi connectivity index (χ1) is 7.81. The van der Waals surface area contributed by atoms with Crippen LogP contribution in [0.15, 0.2) is 0 Å². The van der Waals surface area contributed by atoms with Crippen molar-refractivity contribution in [1.82, 2.24) is 0 Å². The van der Waals surface area contributed by atoms with Crippen molar-refractivity contribution in [1.29, 1.82) is 0 Å². The van der Waals surface area contributed by atoms with Gasteiger partial charge in [-0.1, -0.05) is 26.2 Å². The lowest BCUT2D eigenvalue weighted by Crippen LogP contribution is -2.54. The van der Waals surface area contributed by atoms with Gasteiger partial charge >= 0.3 is 5.97 Å². The monoisotopic (exact) mass is 241 g/mol. The molecule has 17 heavy (non-hydrogen) atoms. The molecule has 0 aliphatic heterocycles. The Bertz CT molecular complexity index is 264. The molecule has 1 rings (SSSR count). The molecule has 0 radical (unpaired) electrons. The lowest BCUT2D eigenvalue weighted by Gasteiger charge is -2.48. The van der Waals surface area contributed by atoms with Gasteiger partial charge in [-0.05, 0) is 38.0 Å². The Morgan fingerprint density at radius 2 is 1.76 bits per heavy atom. The van der Waals surface area contributed by atoms with Crippen LogP contribution in [-0.4, -0.2) is 18.6 Å². The van der Waals surface area contributed by atoms with Crippen molar-refractivity contribution < 1.29 is 9.53 Å². The van der Waals surface area contributed by atoms with Crippen molar-refractivity contribution in [2.45, 2.75) is 64.8 Å². The number of rotatable bonds is 4. The number of nitrogens with two attached hydrogens (primary N) is 1. The Kier molecular flexibility index (Phi) is 4.59. The Morgan fingerprint density at radius 1 is 1.24 bits per heavy atom. The fourth-order valence-corrected chi connectivity index (χ4v) is 3.01. The Labute approximate surface area is 105 Å². The van der Waals surface area contributed by atoms with Gasteiger partial charge < -0.3 is 10.5 Å². The van der Waals surface area contributed by atoms with Gasteiger partial charge in [0.1, 0.15) is 0 Å².